The van der Waals surface area contributed by atoms with Crippen LogP contribution in [0.5, 0.6) is 0 Å². The number of amides is 2. The summed E-state index contributed by atoms with van der Waals surface area (Å²) in [4.78, 5) is 23.3. The highest BCUT2D eigenvalue weighted by Gasteiger charge is 2.21. The molecule has 0 radical (unpaired) electrons. The number of carbonyl (C=O) groups is 2. The zero-order valence-corrected chi connectivity index (χ0v) is 12.3. The third-order valence-electron chi connectivity index (χ3n) is 3.26. The molecular weight excluding hydrogens is 278 g/mol. The first-order valence-corrected chi connectivity index (χ1v) is 6.53. The van der Waals surface area contributed by atoms with Crippen LogP contribution in [-0.2, 0) is 11.3 Å². The Morgan fingerprint density at radius 3 is 2.85 bits per heavy atom. The van der Waals surface area contributed by atoms with Crippen molar-refractivity contribution < 1.29 is 9.59 Å². The maximum Gasteiger partial charge on any atom is 0.251 e. The first kappa shape index (κ1) is 16.5. The summed E-state index contributed by atoms with van der Waals surface area (Å²) < 4.78 is 0. The third kappa shape index (κ3) is 4.21. The Bertz CT molecular complexity index is 473. The van der Waals surface area contributed by atoms with Crippen molar-refractivity contribution in [3.63, 3.8) is 0 Å². The fourth-order valence-electron chi connectivity index (χ4n) is 2.19. The molecule has 3 N–H and O–H groups in total. The zero-order valence-electron chi connectivity index (χ0n) is 11.4. The summed E-state index contributed by atoms with van der Waals surface area (Å²) in [5, 5.41) is 8.63. The van der Waals surface area contributed by atoms with Crippen LogP contribution in [0.1, 0.15) is 28.8 Å². The molecule has 5 nitrogen and oxygen atoms in total. The molecule has 20 heavy (non-hydrogen) atoms. The lowest BCUT2D eigenvalue weighted by Crippen LogP contribution is -2.40. The van der Waals surface area contributed by atoms with Crippen LogP contribution in [0.15, 0.2) is 24.3 Å². The summed E-state index contributed by atoms with van der Waals surface area (Å²) in [6.07, 6.45) is 1.94. The average molecular weight is 298 g/mol. The topological polar surface area (TPSA) is 70.2 Å². The minimum absolute atomic E-state index is 0. The molecule has 1 aromatic rings. The van der Waals surface area contributed by atoms with E-state index in [2.05, 4.69) is 16.0 Å². The van der Waals surface area contributed by atoms with Crippen LogP contribution in [0, 0.1) is 0 Å². The predicted molar refractivity (Wildman–Crippen MR) is 80.0 cm³/mol. The third-order valence-corrected chi connectivity index (χ3v) is 3.26. The molecule has 1 aromatic carbocycles. The molecular formula is C14H20ClN3O2. The normalized spacial score (nSPS) is 17.1. The second kappa shape index (κ2) is 7.87. The highest BCUT2D eigenvalue weighted by atomic mass is 35.5. The summed E-state index contributed by atoms with van der Waals surface area (Å²) in [5.74, 6) is -0.0894. The lowest BCUT2D eigenvalue weighted by molar-refractivity contribution is -0.122. The molecule has 0 spiro atoms. The van der Waals surface area contributed by atoms with Gasteiger partial charge in [-0.2, -0.15) is 0 Å². The molecule has 2 rings (SSSR count). The van der Waals surface area contributed by atoms with Gasteiger partial charge in [-0.05, 0) is 37.1 Å². The predicted octanol–water partition coefficient (Wildman–Crippen LogP) is 0.836. The molecule has 1 unspecified atom stereocenters. The van der Waals surface area contributed by atoms with Crippen molar-refractivity contribution in [3.8, 4) is 0 Å². The van der Waals surface area contributed by atoms with Gasteiger partial charge in [-0.3, -0.25) is 9.59 Å². The summed E-state index contributed by atoms with van der Waals surface area (Å²) in [7, 11) is 1.60. The van der Waals surface area contributed by atoms with Gasteiger partial charge >= 0.3 is 0 Å². The molecule has 1 atom stereocenters. The molecule has 0 aliphatic carbocycles. The van der Waals surface area contributed by atoms with Gasteiger partial charge in [0.25, 0.3) is 5.91 Å². The van der Waals surface area contributed by atoms with Gasteiger partial charge in [0.05, 0.1) is 6.04 Å². The van der Waals surface area contributed by atoms with E-state index in [-0.39, 0.29) is 30.3 Å². The monoisotopic (exact) mass is 297 g/mol. The van der Waals surface area contributed by atoms with Crippen LogP contribution in [0.2, 0.25) is 0 Å². The largest absolute Gasteiger partial charge is 0.355 e. The molecule has 1 saturated heterocycles. The van der Waals surface area contributed by atoms with Gasteiger partial charge in [-0.15, -0.1) is 12.4 Å². The summed E-state index contributed by atoms with van der Waals surface area (Å²) >= 11 is 0. The minimum atomic E-state index is -0.120. The van der Waals surface area contributed by atoms with E-state index in [1.807, 2.05) is 12.1 Å². The zero-order chi connectivity index (χ0) is 13.7. The van der Waals surface area contributed by atoms with E-state index in [1.165, 1.54) is 0 Å². The smallest absolute Gasteiger partial charge is 0.251 e. The molecule has 2 amide bonds. The highest BCUT2D eigenvalue weighted by Crippen LogP contribution is 2.07. The van der Waals surface area contributed by atoms with Crippen LogP contribution in [0.3, 0.4) is 0 Å². The Morgan fingerprint density at radius 1 is 1.40 bits per heavy atom. The van der Waals surface area contributed by atoms with E-state index in [0.29, 0.717) is 12.1 Å². The van der Waals surface area contributed by atoms with Crippen molar-refractivity contribution in [3.05, 3.63) is 35.4 Å². The van der Waals surface area contributed by atoms with Crippen molar-refractivity contribution in [2.75, 3.05) is 13.6 Å². The van der Waals surface area contributed by atoms with Crippen LogP contribution >= 0.6 is 12.4 Å². The summed E-state index contributed by atoms with van der Waals surface area (Å²) in [6.45, 7) is 1.35. The van der Waals surface area contributed by atoms with Crippen molar-refractivity contribution in [2.45, 2.75) is 25.4 Å². The van der Waals surface area contributed by atoms with Crippen LogP contribution in [0.25, 0.3) is 0 Å². The Morgan fingerprint density at radius 2 is 2.20 bits per heavy atom. The number of hydrogen-bond acceptors (Lipinski definition) is 3. The second-order valence-electron chi connectivity index (χ2n) is 4.65. The van der Waals surface area contributed by atoms with E-state index in [4.69, 9.17) is 0 Å². The van der Waals surface area contributed by atoms with Crippen molar-refractivity contribution >= 4 is 24.2 Å². The van der Waals surface area contributed by atoms with E-state index in [1.54, 1.807) is 19.2 Å². The maximum absolute atomic E-state index is 11.8. The first-order chi connectivity index (χ1) is 9.20. The molecule has 110 valence electrons. The van der Waals surface area contributed by atoms with E-state index < -0.39 is 0 Å². The first-order valence-electron chi connectivity index (χ1n) is 6.53. The highest BCUT2D eigenvalue weighted by molar-refractivity contribution is 5.94. The Labute approximate surface area is 124 Å². The van der Waals surface area contributed by atoms with Crippen LogP contribution < -0.4 is 16.0 Å². The number of rotatable bonds is 4. The molecule has 0 aromatic heterocycles. The molecule has 1 fully saturated rings. The molecule has 1 aliphatic heterocycles. The lowest BCUT2D eigenvalue weighted by atomic mass is 10.1. The van der Waals surface area contributed by atoms with Crippen molar-refractivity contribution in [1.82, 2.24) is 16.0 Å². The summed E-state index contributed by atoms with van der Waals surface area (Å²) in [6, 6.07) is 7.19. The molecule has 1 heterocycles. The second-order valence-corrected chi connectivity index (χ2v) is 4.65. The van der Waals surface area contributed by atoms with E-state index in [0.717, 1.165) is 24.9 Å². The quantitative estimate of drug-likeness (QED) is 0.771. The fourth-order valence-corrected chi connectivity index (χ4v) is 2.19. The lowest BCUT2D eigenvalue weighted by Gasteiger charge is -2.11. The van der Waals surface area contributed by atoms with Crippen LogP contribution in [-0.4, -0.2) is 31.4 Å². The van der Waals surface area contributed by atoms with Gasteiger partial charge in [0.2, 0.25) is 5.91 Å². The Balaban J connectivity index is 0.00000200. The van der Waals surface area contributed by atoms with Gasteiger partial charge < -0.3 is 16.0 Å². The number of nitrogens with one attached hydrogen (secondary N) is 3. The van der Waals surface area contributed by atoms with Gasteiger partial charge in [-0.1, -0.05) is 12.1 Å². The number of halogens is 1. The van der Waals surface area contributed by atoms with Gasteiger partial charge in [0.1, 0.15) is 0 Å². The van der Waals surface area contributed by atoms with Gasteiger partial charge in [0.15, 0.2) is 0 Å². The summed E-state index contributed by atoms with van der Waals surface area (Å²) in [5.41, 5.74) is 1.53. The fraction of sp³-hybridized carbons (Fsp3) is 0.429. The van der Waals surface area contributed by atoms with E-state index >= 15 is 0 Å². The number of benzene rings is 1. The van der Waals surface area contributed by atoms with E-state index in [9.17, 15) is 9.59 Å². The molecule has 0 bridgehead atoms. The molecule has 0 saturated carbocycles. The SMILES string of the molecule is CNC(=O)c1cccc(CNC(=O)C2CCCN2)c1.Cl. The van der Waals surface area contributed by atoms with Gasteiger partial charge in [0, 0.05) is 19.2 Å². The van der Waals surface area contributed by atoms with Crippen molar-refractivity contribution in [2.24, 2.45) is 0 Å². The molecule has 1 aliphatic rings. The Kier molecular flexibility index (Phi) is 6.48. The maximum atomic E-state index is 11.8. The standard InChI is InChI=1S/C14H19N3O2.ClH/c1-15-13(18)11-5-2-4-10(8-11)9-17-14(19)12-6-3-7-16-12;/h2,4-5,8,12,16H,3,6-7,9H2,1H3,(H,15,18)(H,17,19);1H. The Hall–Kier alpha value is -1.59. The average Bonchev–Trinajstić information content (AvgIpc) is 2.98. The molecule has 6 heteroatoms. The number of hydrogen-bond donors (Lipinski definition) is 3. The van der Waals surface area contributed by atoms with Crippen molar-refractivity contribution in [1.29, 1.82) is 0 Å². The van der Waals surface area contributed by atoms with Crippen LogP contribution in [0.4, 0.5) is 0 Å². The minimum Gasteiger partial charge on any atom is -0.355 e. The number of carbonyl (C=O) groups excluding carboxylic acids is 2. The van der Waals surface area contributed by atoms with Gasteiger partial charge in [-0.25, -0.2) is 0 Å².